The van der Waals surface area contributed by atoms with Gasteiger partial charge < -0.3 is 4.74 Å². The van der Waals surface area contributed by atoms with Gasteiger partial charge in [0.1, 0.15) is 6.07 Å². The molecule has 1 heterocycles. The van der Waals surface area contributed by atoms with E-state index in [1.807, 2.05) is 6.07 Å². The van der Waals surface area contributed by atoms with E-state index in [9.17, 15) is 0 Å². The molecule has 1 aromatic heterocycles. The van der Waals surface area contributed by atoms with Crippen molar-refractivity contribution in [1.29, 1.82) is 5.26 Å². The van der Waals surface area contributed by atoms with E-state index in [-0.39, 0.29) is 5.69 Å². The van der Waals surface area contributed by atoms with Crippen LogP contribution in [0.25, 0.3) is 0 Å². The second-order valence-electron chi connectivity index (χ2n) is 3.53. The van der Waals surface area contributed by atoms with Gasteiger partial charge in [0.05, 0.1) is 6.61 Å². The van der Waals surface area contributed by atoms with Gasteiger partial charge in [0.25, 0.3) is 5.88 Å². The molecule has 0 aliphatic heterocycles. The predicted octanol–water partition coefficient (Wildman–Crippen LogP) is 2.16. The lowest BCUT2D eigenvalue weighted by atomic mass is 10.1. The second-order valence-corrected chi connectivity index (χ2v) is 3.53. The van der Waals surface area contributed by atoms with Crippen molar-refractivity contribution >= 4 is 0 Å². The molecule has 0 aromatic carbocycles. The number of rotatable bonds is 5. The summed E-state index contributed by atoms with van der Waals surface area (Å²) in [5.74, 6) is 0.812. The Morgan fingerprint density at radius 2 is 2.20 bits per heavy atom. The summed E-state index contributed by atoms with van der Waals surface area (Å²) in [6, 6.07) is 1.95. The minimum absolute atomic E-state index is 0.251. The molecule has 0 spiro atoms. The minimum atomic E-state index is 0.251. The lowest BCUT2D eigenvalue weighted by Gasteiger charge is -2.11. The molecular formula is C11H15N3O. The summed E-state index contributed by atoms with van der Waals surface area (Å²) in [5, 5.41) is 8.75. The van der Waals surface area contributed by atoms with Crippen LogP contribution in [0.15, 0.2) is 12.4 Å². The lowest BCUT2D eigenvalue weighted by Crippen LogP contribution is -2.10. The van der Waals surface area contributed by atoms with Crippen LogP contribution < -0.4 is 4.74 Å². The molecule has 0 fully saturated rings. The van der Waals surface area contributed by atoms with Crippen molar-refractivity contribution in [3.05, 3.63) is 18.1 Å². The van der Waals surface area contributed by atoms with Crippen LogP contribution in [0.2, 0.25) is 0 Å². The predicted molar refractivity (Wildman–Crippen MR) is 56.3 cm³/mol. The summed E-state index contributed by atoms with van der Waals surface area (Å²) in [6.45, 7) is 4.84. The molecule has 1 atom stereocenters. The van der Waals surface area contributed by atoms with Crippen molar-refractivity contribution in [3.8, 4) is 11.9 Å². The summed E-state index contributed by atoms with van der Waals surface area (Å²) in [5.41, 5.74) is 0.251. The van der Waals surface area contributed by atoms with Gasteiger partial charge in [-0.15, -0.1) is 0 Å². The Bertz CT molecular complexity index is 346. The highest BCUT2D eigenvalue weighted by atomic mass is 16.5. The van der Waals surface area contributed by atoms with Crippen LogP contribution in [0.1, 0.15) is 32.4 Å². The van der Waals surface area contributed by atoms with E-state index in [2.05, 4.69) is 23.8 Å². The van der Waals surface area contributed by atoms with Crippen molar-refractivity contribution in [2.45, 2.75) is 26.7 Å². The zero-order valence-corrected chi connectivity index (χ0v) is 9.10. The number of nitrogens with zero attached hydrogens (tertiary/aromatic N) is 3. The summed E-state index contributed by atoms with van der Waals surface area (Å²) in [7, 11) is 0. The molecule has 15 heavy (non-hydrogen) atoms. The summed E-state index contributed by atoms with van der Waals surface area (Å²) >= 11 is 0. The summed E-state index contributed by atoms with van der Waals surface area (Å²) in [4.78, 5) is 7.85. The average Bonchev–Trinajstić information content (AvgIpc) is 2.27. The van der Waals surface area contributed by atoms with Gasteiger partial charge in [0.2, 0.25) is 5.69 Å². The van der Waals surface area contributed by atoms with Gasteiger partial charge in [-0.3, -0.25) is 0 Å². The third-order valence-corrected chi connectivity index (χ3v) is 2.06. The zero-order chi connectivity index (χ0) is 11.1. The highest BCUT2D eigenvalue weighted by Crippen LogP contribution is 2.12. The van der Waals surface area contributed by atoms with E-state index in [1.165, 1.54) is 12.4 Å². The quantitative estimate of drug-likeness (QED) is 0.739. The molecular weight excluding hydrogens is 190 g/mol. The monoisotopic (exact) mass is 205 g/mol. The first kappa shape index (κ1) is 11.4. The third-order valence-electron chi connectivity index (χ3n) is 2.06. The standard InChI is InChI=1S/C11H15N3O/c1-3-4-9(2)8-15-11-10(7-12)13-5-6-14-11/h5-6,9H,3-4,8H2,1-2H3. The first-order valence-electron chi connectivity index (χ1n) is 5.11. The van der Waals surface area contributed by atoms with E-state index in [4.69, 9.17) is 10.00 Å². The Kier molecular flexibility index (Phi) is 4.55. The fourth-order valence-corrected chi connectivity index (χ4v) is 1.30. The molecule has 1 rings (SSSR count). The van der Waals surface area contributed by atoms with Gasteiger partial charge in [-0.1, -0.05) is 20.3 Å². The fraction of sp³-hybridized carbons (Fsp3) is 0.545. The SMILES string of the molecule is CCCC(C)COc1nccnc1C#N. The molecule has 0 amide bonds. The van der Waals surface area contributed by atoms with Crippen LogP contribution in [-0.2, 0) is 0 Å². The number of aromatic nitrogens is 2. The van der Waals surface area contributed by atoms with Crippen molar-refractivity contribution in [3.63, 3.8) is 0 Å². The Labute approximate surface area is 89.9 Å². The van der Waals surface area contributed by atoms with Crippen LogP contribution in [0.3, 0.4) is 0 Å². The molecule has 0 saturated carbocycles. The molecule has 0 radical (unpaired) electrons. The second kappa shape index (κ2) is 5.97. The molecule has 0 aliphatic rings. The topological polar surface area (TPSA) is 58.8 Å². The zero-order valence-electron chi connectivity index (χ0n) is 9.10. The van der Waals surface area contributed by atoms with Gasteiger partial charge in [-0.2, -0.15) is 5.26 Å². The Balaban J connectivity index is 2.54. The van der Waals surface area contributed by atoms with Gasteiger partial charge in [0, 0.05) is 12.4 Å². The third kappa shape index (κ3) is 3.55. The number of ether oxygens (including phenoxy) is 1. The molecule has 4 nitrogen and oxygen atoms in total. The maximum atomic E-state index is 8.75. The smallest absolute Gasteiger partial charge is 0.251 e. The highest BCUT2D eigenvalue weighted by molar-refractivity contribution is 5.29. The largest absolute Gasteiger partial charge is 0.475 e. The normalized spacial score (nSPS) is 11.8. The minimum Gasteiger partial charge on any atom is -0.475 e. The van der Waals surface area contributed by atoms with Crippen LogP contribution in [-0.4, -0.2) is 16.6 Å². The van der Waals surface area contributed by atoms with Crippen LogP contribution in [0.4, 0.5) is 0 Å². The molecule has 0 N–H and O–H groups in total. The first-order chi connectivity index (χ1) is 7.27. The summed E-state index contributed by atoms with van der Waals surface area (Å²) < 4.78 is 5.45. The maximum absolute atomic E-state index is 8.75. The molecule has 1 unspecified atom stereocenters. The van der Waals surface area contributed by atoms with Gasteiger partial charge in [-0.25, -0.2) is 9.97 Å². The van der Waals surface area contributed by atoms with Gasteiger partial charge in [-0.05, 0) is 12.3 Å². The van der Waals surface area contributed by atoms with Crippen LogP contribution in [0.5, 0.6) is 5.88 Å². The van der Waals surface area contributed by atoms with Crippen molar-refractivity contribution in [2.24, 2.45) is 5.92 Å². The average molecular weight is 205 g/mol. The number of hydrogen-bond donors (Lipinski definition) is 0. The molecule has 0 aliphatic carbocycles. The van der Waals surface area contributed by atoms with Gasteiger partial charge >= 0.3 is 0 Å². The van der Waals surface area contributed by atoms with Crippen molar-refractivity contribution < 1.29 is 4.74 Å². The molecule has 0 saturated heterocycles. The Morgan fingerprint density at radius 3 is 2.87 bits per heavy atom. The van der Waals surface area contributed by atoms with E-state index >= 15 is 0 Å². The molecule has 4 heteroatoms. The lowest BCUT2D eigenvalue weighted by molar-refractivity contribution is 0.241. The Morgan fingerprint density at radius 1 is 1.47 bits per heavy atom. The number of nitriles is 1. The summed E-state index contributed by atoms with van der Waals surface area (Å²) in [6.07, 6.45) is 5.26. The fourth-order valence-electron chi connectivity index (χ4n) is 1.30. The number of hydrogen-bond acceptors (Lipinski definition) is 4. The van der Waals surface area contributed by atoms with Crippen molar-refractivity contribution in [2.75, 3.05) is 6.61 Å². The molecule has 80 valence electrons. The highest BCUT2D eigenvalue weighted by Gasteiger charge is 2.07. The van der Waals surface area contributed by atoms with E-state index < -0.39 is 0 Å². The Hall–Kier alpha value is -1.63. The van der Waals surface area contributed by atoms with Gasteiger partial charge in [0.15, 0.2) is 0 Å². The first-order valence-corrected chi connectivity index (χ1v) is 5.11. The van der Waals surface area contributed by atoms with E-state index in [0.29, 0.717) is 18.4 Å². The molecule has 0 bridgehead atoms. The maximum Gasteiger partial charge on any atom is 0.251 e. The van der Waals surface area contributed by atoms with Crippen LogP contribution >= 0.6 is 0 Å². The van der Waals surface area contributed by atoms with Crippen molar-refractivity contribution in [1.82, 2.24) is 9.97 Å². The van der Waals surface area contributed by atoms with Crippen LogP contribution in [0, 0.1) is 17.2 Å². The molecule has 1 aromatic rings. The van der Waals surface area contributed by atoms with E-state index in [1.54, 1.807) is 0 Å². The van der Waals surface area contributed by atoms with E-state index in [0.717, 1.165) is 12.8 Å².